The van der Waals surface area contributed by atoms with Crippen molar-refractivity contribution in [1.29, 1.82) is 0 Å². The zero-order valence-electron chi connectivity index (χ0n) is 12.2. The van der Waals surface area contributed by atoms with Crippen LogP contribution in [0.5, 0.6) is 0 Å². The zero-order valence-corrected chi connectivity index (χ0v) is 12.2. The number of anilines is 2. The van der Waals surface area contributed by atoms with Gasteiger partial charge in [0.2, 0.25) is 0 Å². The molecule has 1 aliphatic heterocycles. The molecule has 0 aliphatic carbocycles. The molecule has 0 bridgehead atoms. The molecular weight excluding hydrogens is 260 g/mol. The Morgan fingerprint density at radius 2 is 2.00 bits per heavy atom. The lowest BCUT2D eigenvalue weighted by Crippen LogP contribution is -2.32. The molecule has 0 saturated heterocycles. The average molecular weight is 282 g/mol. The lowest BCUT2D eigenvalue weighted by molar-refractivity contribution is 0.181. The molecule has 1 aromatic rings. The standard InChI is InChI=1S/C13H22N4O3/c1-9(18)6-4-5-7-17-8-15(2)10-11(19)14-13(20)16(3)12(10)17/h9,18H,4-8H2,1-3H3,(H,14,19,20). The van der Waals surface area contributed by atoms with Gasteiger partial charge in [-0.05, 0) is 26.2 Å². The van der Waals surface area contributed by atoms with Crippen LogP contribution in [0.1, 0.15) is 26.2 Å². The molecule has 1 aliphatic rings. The van der Waals surface area contributed by atoms with E-state index < -0.39 is 5.69 Å². The van der Waals surface area contributed by atoms with E-state index in [9.17, 15) is 14.7 Å². The topological polar surface area (TPSA) is 81.6 Å². The molecule has 7 heteroatoms. The highest BCUT2D eigenvalue weighted by Crippen LogP contribution is 2.29. The second-order valence-corrected chi connectivity index (χ2v) is 5.44. The molecule has 2 N–H and O–H groups in total. The van der Waals surface area contributed by atoms with Crippen LogP contribution in [0.25, 0.3) is 0 Å². The first-order chi connectivity index (χ1) is 9.41. The first-order valence-electron chi connectivity index (χ1n) is 6.89. The minimum absolute atomic E-state index is 0.282. The number of nitrogens with zero attached hydrogens (tertiary/aromatic N) is 3. The van der Waals surface area contributed by atoms with Crippen LogP contribution in [0.15, 0.2) is 9.59 Å². The second kappa shape index (κ2) is 5.70. The quantitative estimate of drug-likeness (QED) is 0.733. The fourth-order valence-corrected chi connectivity index (χ4v) is 2.62. The summed E-state index contributed by atoms with van der Waals surface area (Å²) >= 11 is 0. The van der Waals surface area contributed by atoms with Crippen molar-refractivity contribution >= 4 is 11.5 Å². The molecular formula is C13H22N4O3. The van der Waals surface area contributed by atoms with Gasteiger partial charge in [0, 0.05) is 20.6 Å². The van der Waals surface area contributed by atoms with Gasteiger partial charge in [-0.1, -0.05) is 0 Å². The highest BCUT2D eigenvalue weighted by molar-refractivity contribution is 5.71. The van der Waals surface area contributed by atoms with Crippen molar-refractivity contribution in [2.75, 3.05) is 30.1 Å². The van der Waals surface area contributed by atoms with Crippen LogP contribution in [0.2, 0.25) is 0 Å². The Labute approximate surface area is 117 Å². The highest BCUT2D eigenvalue weighted by Gasteiger charge is 2.28. The van der Waals surface area contributed by atoms with Crippen LogP contribution in [-0.2, 0) is 7.05 Å². The van der Waals surface area contributed by atoms with Gasteiger partial charge in [-0.2, -0.15) is 0 Å². The summed E-state index contributed by atoms with van der Waals surface area (Å²) in [4.78, 5) is 29.8. The van der Waals surface area contributed by atoms with Crippen molar-refractivity contribution in [3.8, 4) is 0 Å². The number of aliphatic hydroxyl groups excluding tert-OH is 1. The number of fused-ring (bicyclic) bond motifs is 1. The van der Waals surface area contributed by atoms with Crippen LogP contribution in [0, 0.1) is 0 Å². The molecule has 0 aromatic carbocycles. The summed E-state index contributed by atoms with van der Waals surface area (Å²) < 4.78 is 1.48. The number of nitrogens with one attached hydrogen (secondary N) is 1. The predicted octanol–water partition coefficient (Wildman–Crippen LogP) is -0.162. The van der Waals surface area contributed by atoms with E-state index in [4.69, 9.17) is 0 Å². The Kier molecular flexibility index (Phi) is 4.17. The number of hydrogen-bond donors (Lipinski definition) is 2. The molecule has 0 spiro atoms. The fourth-order valence-electron chi connectivity index (χ4n) is 2.62. The molecule has 0 saturated carbocycles. The van der Waals surface area contributed by atoms with E-state index in [1.807, 2.05) is 16.8 Å². The summed E-state index contributed by atoms with van der Waals surface area (Å²) in [5.41, 5.74) is -0.183. The summed E-state index contributed by atoms with van der Waals surface area (Å²) in [6.07, 6.45) is 2.32. The number of hydrogen-bond acceptors (Lipinski definition) is 5. The van der Waals surface area contributed by atoms with E-state index in [1.54, 1.807) is 14.0 Å². The SMILES string of the molecule is CC(O)CCCCN1CN(C)c2c1n(C)c(=O)[nH]c2=O. The van der Waals surface area contributed by atoms with Gasteiger partial charge in [-0.15, -0.1) is 0 Å². The van der Waals surface area contributed by atoms with Crippen LogP contribution >= 0.6 is 0 Å². The zero-order chi connectivity index (χ0) is 14.9. The average Bonchev–Trinajstić information content (AvgIpc) is 2.69. The number of aromatic nitrogens is 2. The molecule has 7 nitrogen and oxygen atoms in total. The van der Waals surface area contributed by atoms with Crippen molar-refractivity contribution in [3.05, 3.63) is 20.8 Å². The molecule has 20 heavy (non-hydrogen) atoms. The third kappa shape index (κ3) is 2.72. The van der Waals surface area contributed by atoms with Crippen molar-refractivity contribution in [1.82, 2.24) is 9.55 Å². The molecule has 0 fully saturated rings. The monoisotopic (exact) mass is 282 g/mol. The van der Waals surface area contributed by atoms with Crippen LogP contribution in [0.4, 0.5) is 11.5 Å². The van der Waals surface area contributed by atoms with E-state index in [-0.39, 0.29) is 11.7 Å². The molecule has 1 atom stereocenters. The summed E-state index contributed by atoms with van der Waals surface area (Å²) in [5, 5.41) is 9.25. The van der Waals surface area contributed by atoms with E-state index in [2.05, 4.69) is 4.98 Å². The first kappa shape index (κ1) is 14.6. The second-order valence-electron chi connectivity index (χ2n) is 5.44. The van der Waals surface area contributed by atoms with Crippen molar-refractivity contribution < 1.29 is 5.11 Å². The summed E-state index contributed by atoms with van der Waals surface area (Å²) in [6.45, 7) is 3.15. The summed E-state index contributed by atoms with van der Waals surface area (Å²) in [5.74, 6) is 0.679. The summed E-state index contributed by atoms with van der Waals surface area (Å²) in [7, 11) is 3.51. The smallest absolute Gasteiger partial charge is 0.329 e. The maximum atomic E-state index is 11.9. The molecule has 112 valence electrons. The minimum Gasteiger partial charge on any atom is -0.393 e. The maximum absolute atomic E-state index is 11.9. The molecule has 0 amide bonds. The van der Waals surface area contributed by atoms with Crippen molar-refractivity contribution in [2.45, 2.75) is 32.3 Å². The lowest BCUT2D eigenvalue weighted by Gasteiger charge is -2.20. The Morgan fingerprint density at radius 1 is 1.30 bits per heavy atom. The maximum Gasteiger partial charge on any atom is 0.329 e. The number of rotatable bonds is 5. The lowest BCUT2D eigenvalue weighted by atomic mass is 10.2. The highest BCUT2D eigenvalue weighted by atomic mass is 16.3. The Hall–Kier alpha value is -1.76. The predicted molar refractivity (Wildman–Crippen MR) is 78.5 cm³/mol. The fraction of sp³-hybridized carbons (Fsp3) is 0.692. The molecule has 2 rings (SSSR count). The van der Waals surface area contributed by atoms with Crippen molar-refractivity contribution in [3.63, 3.8) is 0 Å². The third-order valence-corrected chi connectivity index (χ3v) is 3.63. The number of aliphatic hydroxyl groups is 1. The first-order valence-corrected chi connectivity index (χ1v) is 6.89. The van der Waals surface area contributed by atoms with Crippen LogP contribution < -0.4 is 21.0 Å². The Balaban J connectivity index is 2.17. The molecule has 1 unspecified atom stereocenters. The van der Waals surface area contributed by atoms with Gasteiger partial charge in [0.15, 0.2) is 0 Å². The number of unbranched alkanes of at least 4 members (excludes halogenated alkanes) is 1. The third-order valence-electron chi connectivity index (χ3n) is 3.63. The normalized spacial score (nSPS) is 15.6. The van der Waals surface area contributed by atoms with Gasteiger partial charge < -0.3 is 14.9 Å². The Morgan fingerprint density at radius 3 is 2.65 bits per heavy atom. The molecule has 0 radical (unpaired) electrons. The van der Waals surface area contributed by atoms with Gasteiger partial charge in [0.05, 0.1) is 12.8 Å². The number of H-pyrrole nitrogens is 1. The molecule has 1 aromatic heterocycles. The van der Waals surface area contributed by atoms with Crippen molar-refractivity contribution in [2.24, 2.45) is 7.05 Å². The van der Waals surface area contributed by atoms with Gasteiger partial charge in [-0.3, -0.25) is 14.3 Å². The van der Waals surface area contributed by atoms with Gasteiger partial charge in [-0.25, -0.2) is 4.79 Å². The number of aromatic amines is 1. The van der Waals surface area contributed by atoms with Crippen LogP contribution in [0.3, 0.4) is 0 Å². The van der Waals surface area contributed by atoms with E-state index in [0.717, 1.165) is 25.8 Å². The van der Waals surface area contributed by atoms with Gasteiger partial charge in [0.1, 0.15) is 11.5 Å². The molecule has 2 heterocycles. The van der Waals surface area contributed by atoms with Gasteiger partial charge in [0.25, 0.3) is 5.56 Å². The van der Waals surface area contributed by atoms with E-state index in [1.165, 1.54) is 4.57 Å². The van der Waals surface area contributed by atoms with Gasteiger partial charge >= 0.3 is 5.69 Å². The summed E-state index contributed by atoms with van der Waals surface area (Å²) in [6, 6.07) is 0. The largest absolute Gasteiger partial charge is 0.393 e. The van der Waals surface area contributed by atoms with Crippen LogP contribution in [-0.4, -0.2) is 41.0 Å². The minimum atomic E-state index is -0.391. The Bertz CT molecular complexity index is 590. The van der Waals surface area contributed by atoms with E-state index in [0.29, 0.717) is 18.2 Å². The van der Waals surface area contributed by atoms with E-state index >= 15 is 0 Å².